The lowest BCUT2D eigenvalue weighted by Crippen LogP contribution is -2.37. The van der Waals surface area contributed by atoms with E-state index in [1.807, 2.05) is 54.6 Å². The van der Waals surface area contributed by atoms with Gasteiger partial charge in [-0.2, -0.15) is 5.10 Å². The Hall–Kier alpha value is -3.61. The summed E-state index contributed by atoms with van der Waals surface area (Å²) < 4.78 is 10.4. The molecule has 0 saturated heterocycles. The van der Waals surface area contributed by atoms with E-state index < -0.39 is 12.1 Å². The largest absolute Gasteiger partial charge is 0.497 e. The maximum atomic E-state index is 12.3. The zero-order chi connectivity index (χ0) is 20.6. The number of esters is 1. The minimum Gasteiger partial charge on any atom is -0.497 e. The lowest BCUT2D eigenvalue weighted by Gasteiger charge is -2.13. The van der Waals surface area contributed by atoms with Crippen LogP contribution in [0.25, 0.3) is 11.3 Å². The van der Waals surface area contributed by atoms with Crippen LogP contribution < -0.4 is 10.1 Å². The standard InChI is InChI=1S/C22H23N3O4/c1-15(21(26)23-13-12-16-8-10-18(28-2)11-9-16)29-22(27)20-14-19(24-25-20)17-6-4-3-5-7-17/h3-11,14-15H,12-13H2,1-2H3,(H,23,26)(H,24,25)/t15-/m0/s1. The minimum absolute atomic E-state index is 0.196. The van der Waals surface area contributed by atoms with Gasteiger partial charge in [0.25, 0.3) is 5.91 Å². The third-order valence-electron chi connectivity index (χ3n) is 4.39. The summed E-state index contributed by atoms with van der Waals surface area (Å²) in [5, 5.41) is 9.55. The fourth-order valence-electron chi connectivity index (χ4n) is 2.73. The lowest BCUT2D eigenvalue weighted by molar-refractivity contribution is -0.129. The molecule has 7 nitrogen and oxygen atoms in total. The van der Waals surface area contributed by atoms with Gasteiger partial charge in [0.15, 0.2) is 6.10 Å². The molecule has 3 aromatic rings. The second-order valence-electron chi connectivity index (χ2n) is 6.47. The van der Waals surface area contributed by atoms with Crippen molar-refractivity contribution in [3.63, 3.8) is 0 Å². The Balaban J connectivity index is 1.47. The summed E-state index contributed by atoms with van der Waals surface area (Å²) in [5.74, 6) is -0.195. The predicted octanol–water partition coefficient (Wildman–Crippen LogP) is 2.99. The van der Waals surface area contributed by atoms with E-state index in [0.29, 0.717) is 18.7 Å². The molecule has 0 aliphatic carbocycles. The number of aromatic amines is 1. The van der Waals surface area contributed by atoms with E-state index in [-0.39, 0.29) is 11.6 Å². The molecule has 0 radical (unpaired) electrons. The molecule has 3 rings (SSSR count). The van der Waals surface area contributed by atoms with Gasteiger partial charge in [-0.25, -0.2) is 4.79 Å². The molecule has 1 atom stereocenters. The minimum atomic E-state index is -0.915. The summed E-state index contributed by atoms with van der Waals surface area (Å²) in [5.41, 5.74) is 2.78. The van der Waals surface area contributed by atoms with Crippen LogP contribution in [0.5, 0.6) is 5.75 Å². The van der Waals surface area contributed by atoms with Gasteiger partial charge in [-0.15, -0.1) is 0 Å². The highest BCUT2D eigenvalue weighted by Crippen LogP contribution is 2.17. The van der Waals surface area contributed by atoms with Crippen LogP contribution in [0.15, 0.2) is 60.7 Å². The van der Waals surface area contributed by atoms with Crippen LogP contribution in [-0.2, 0) is 16.0 Å². The van der Waals surface area contributed by atoms with Crippen molar-refractivity contribution in [2.24, 2.45) is 0 Å². The predicted molar refractivity (Wildman–Crippen MR) is 109 cm³/mol. The molecule has 29 heavy (non-hydrogen) atoms. The van der Waals surface area contributed by atoms with Crippen LogP contribution in [0.1, 0.15) is 23.0 Å². The van der Waals surface area contributed by atoms with Gasteiger partial charge in [0.1, 0.15) is 11.4 Å². The van der Waals surface area contributed by atoms with Crippen molar-refractivity contribution in [1.29, 1.82) is 0 Å². The molecule has 0 saturated carbocycles. The summed E-state index contributed by atoms with van der Waals surface area (Å²) in [7, 11) is 1.61. The maximum absolute atomic E-state index is 12.3. The first-order chi connectivity index (χ1) is 14.1. The molecule has 7 heteroatoms. The van der Waals surface area contributed by atoms with Crippen molar-refractivity contribution in [1.82, 2.24) is 15.5 Å². The summed E-state index contributed by atoms with van der Waals surface area (Å²) in [6.45, 7) is 1.98. The van der Waals surface area contributed by atoms with Gasteiger partial charge in [0, 0.05) is 12.1 Å². The number of carbonyl (C=O) groups excluding carboxylic acids is 2. The fourth-order valence-corrected chi connectivity index (χ4v) is 2.73. The number of H-pyrrole nitrogens is 1. The summed E-state index contributed by atoms with van der Waals surface area (Å²) in [4.78, 5) is 24.5. The first kappa shape index (κ1) is 20.1. The third kappa shape index (κ3) is 5.44. The summed E-state index contributed by atoms with van der Waals surface area (Å²) in [6.07, 6.45) is -0.251. The first-order valence-electron chi connectivity index (χ1n) is 9.29. The van der Waals surface area contributed by atoms with Gasteiger partial charge >= 0.3 is 5.97 Å². The van der Waals surface area contributed by atoms with E-state index in [1.165, 1.54) is 6.92 Å². The zero-order valence-corrected chi connectivity index (χ0v) is 16.3. The fraction of sp³-hybridized carbons (Fsp3) is 0.227. The van der Waals surface area contributed by atoms with Crippen LogP contribution in [-0.4, -0.2) is 41.8 Å². The number of methoxy groups -OCH3 is 1. The van der Waals surface area contributed by atoms with E-state index in [2.05, 4.69) is 15.5 Å². The van der Waals surface area contributed by atoms with Crippen molar-refractivity contribution in [3.05, 3.63) is 71.9 Å². The second-order valence-corrected chi connectivity index (χ2v) is 6.47. The molecule has 1 heterocycles. The van der Waals surface area contributed by atoms with Crippen molar-refractivity contribution in [2.45, 2.75) is 19.4 Å². The molecule has 2 aromatic carbocycles. The quantitative estimate of drug-likeness (QED) is 0.574. The summed E-state index contributed by atoms with van der Waals surface area (Å²) in [6, 6.07) is 18.7. The van der Waals surface area contributed by atoms with Gasteiger partial charge in [0.05, 0.1) is 12.8 Å². The van der Waals surface area contributed by atoms with Gasteiger partial charge in [-0.1, -0.05) is 42.5 Å². The number of benzene rings is 2. The number of carbonyl (C=O) groups is 2. The highest BCUT2D eigenvalue weighted by atomic mass is 16.5. The zero-order valence-electron chi connectivity index (χ0n) is 16.3. The summed E-state index contributed by atoms with van der Waals surface area (Å²) >= 11 is 0. The molecule has 0 aliphatic rings. The van der Waals surface area contributed by atoms with Gasteiger partial charge in [0.2, 0.25) is 0 Å². The Bertz CT molecular complexity index is 952. The van der Waals surface area contributed by atoms with Crippen molar-refractivity contribution in [2.75, 3.05) is 13.7 Å². The second kappa shape index (κ2) is 9.54. The van der Waals surface area contributed by atoms with Crippen molar-refractivity contribution < 1.29 is 19.1 Å². The number of hydrogen-bond acceptors (Lipinski definition) is 5. The lowest BCUT2D eigenvalue weighted by atomic mass is 10.1. The van der Waals surface area contributed by atoms with E-state index in [0.717, 1.165) is 16.9 Å². The topological polar surface area (TPSA) is 93.3 Å². The number of rotatable bonds is 8. The Kier molecular flexibility index (Phi) is 6.63. The monoisotopic (exact) mass is 393 g/mol. The van der Waals surface area contributed by atoms with E-state index in [9.17, 15) is 9.59 Å². The average Bonchev–Trinajstić information content (AvgIpc) is 3.25. The van der Waals surface area contributed by atoms with Crippen molar-refractivity contribution in [3.8, 4) is 17.0 Å². The SMILES string of the molecule is COc1ccc(CCNC(=O)[C@H](C)OC(=O)c2cc(-c3ccccc3)n[nH]2)cc1. The number of amides is 1. The van der Waals surface area contributed by atoms with E-state index >= 15 is 0 Å². The smallest absolute Gasteiger partial charge is 0.357 e. The molecule has 1 amide bonds. The van der Waals surface area contributed by atoms with Crippen molar-refractivity contribution >= 4 is 11.9 Å². The highest BCUT2D eigenvalue weighted by Gasteiger charge is 2.20. The number of aromatic nitrogens is 2. The van der Waals surface area contributed by atoms with Crippen LogP contribution in [0, 0.1) is 0 Å². The van der Waals surface area contributed by atoms with E-state index in [4.69, 9.17) is 9.47 Å². The van der Waals surface area contributed by atoms with E-state index in [1.54, 1.807) is 13.2 Å². The Morgan fingerprint density at radius 2 is 1.83 bits per heavy atom. The Morgan fingerprint density at radius 1 is 1.10 bits per heavy atom. The molecule has 0 unspecified atom stereocenters. The number of ether oxygens (including phenoxy) is 2. The highest BCUT2D eigenvalue weighted by molar-refractivity contribution is 5.91. The molecule has 150 valence electrons. The molecular formula is C22H23N3O4. The van der Waals surface area contributed by atoms with Crippen LogP contribution in [0.4, 0.5) is 0 Å². The average molecular weight is 393 g/mol. The number of hydrogen-bond donors (Lipinski definition) is 2. The van der Waals surface area contributed by atoms with Crippen LogP contribution in [0.3, 0.4) is 0 Å². The Labute approximate surface area is 169 Å². The van der Waals surface area contributed by atoms with Gasteiger partial charge in [-0.3, -0.25) is 9.89 Å². The Morgan fingerprint density at radius 3 is 2.52 bits per heavy atom. The van der Waals surface area contributed by atoms with Crippen LogP contribution >= 0.6 is 0 Å². The van der Waals surface area contributed by atoms with Crippen LogP contribution in [0.2, 0.25) is 0 Å². The molecular weight excluding hydrogens is 370 g/mol. The molecule has 2 N–H and O–H groups in total. The van der Waals surface area contributed by atoms with Gasteiger partial charge in [-0.05, 0) is 37.1 Å². The third-order valence-corrected chi connectivity index (χ3v) is 4.39. The molecule has 1 aromatic heterocycles. The molecule has 0 aliphatic heterocycles. The molecule has 0 spiro atoms. The molecule has 0 fully saturated rings. The number of nitrogens with zero attached hydrogens (tertiary/aromatic N) is 1. The normalized spacial score (nSPS) is 11.5. The maximum Gasteiger partial charge on any atom is 0.357 e. The molecule has 0 bridgehead atoms. The number of nitrogens with one attached hydrogen (secondary N) is 2. The van der Waals surface area contributed by atoms with Gasteiger partial charge < -0.3 is 14.8 Å². The first-order valence-corrected chi connectivity index (χ1v) is 9.29.